The highest BCUT2D eigenvalue weighted by Gasteiger charge is 2.35. The minimum atomic E-state index is -0.641. The van der Waals surface area contributed by atoms with Crippen LogP contribution in [0.5, 0.6) is 0 Å². The smallest absolute Gasteiger partial charge is 0.252 e. The van der Waals surface area contributed by atoms with Gasteiger partial charge in [0.05, 0.1) is 6.07 Å². The minimum Gasteiger partial charge on any atom is -0.334 e. The maximum atomic E-state index is 12.1. The molecule has 4 heteroatoms. The highest BCUT2D eigenvalue weighted by Crippen LogP contribution is 2.29. The lowest BCUT2D eigenvalue weighted by molar-refractivity contribution is 0.0920. The molecule has 1 saturated carbocycles. The van der Waals surface area contributed by atoms with E-state index in [1.54, 1.807) is 6.07 Å². The van der Waals surface area contributed by atoms with Gasteiger partial charge in [0.2, 0.25) is 0 Å². The molecule has 0 aromatic heterocycles. The molecule has 0 radical (unpaired) electrons. The molecule has 1 aromatic rings. The maximum Gasteiger partial charge on any atom is 0.252 e. The summed E-state index contributed by atoms with van der Waals surface area (Å²) < 4.78 is 1.02. The van der Waals surface area contributed by atoms with Gasteiger partial charge < -0.3 is 5.32 Å². The first-order valence-corrected chi connectivity index (χ1v) is 6.72. The van der Waals surface area contributed by atoms with Crippen LogP contribution in [0.1, 0.15) is 36.0 Å². The van der Waals surface area contributed by atoms with Gasteiger partial charge in [-0.05, 0) is 66.5 Å². The van der Waals surface area contributed by atoms with Crippen molar-refractivity contribution in [3.05, 3.63) is 33.4 Å². The van der Waals surface area contributed by atoms with E-state index in [9.17, 15) is 10.1 Å². The predicted octanol–water partition coefficient (Wildman–Crippen LogP) is 2.86. The van der Waals surface area contributed by atoms with Crippen LogP contribution in [0.4, 0.5) is 0 Å². The van der Waals surface area contributed by atoms with Crippen LogP contribution in [0.3, 0.4) is 0 Å². The lowest BCUT2D eigenvalue weighted by atomic mass is 9.99. The topological polar surface area (TPSA) is 52.9 Å². The number of nitrogens with one attached hydrogen (secondary N) is 1. The van der Waals surface area contributed by atoms with Crippen molar-refractivity contribution >= 4 is 28.5 Å². The molecule has 2 rings (SSSR count). The lowest BCUT2D eigenvalue weighted by Crippen LogP contribution is -2.45. The summed E-state index contributed by atoms with van der Waals surface area (Å²) in [6, 6.07) is 9.65. The third-order valence-corrected chi connectivity index (χ3v) is 3.78. The first-order chi connectivity index (χ1) is 8.15. The molecule has 1 amide bonds. The van der Waals surface area contributed by atoms with E-state index in [0.717, 1.165) is 29.3 Å². The van der Waals surface area contributed by atoms with E-state index in [2.05, 4.69) is 34.0 Å². The SMILES string of the molecule is N#CC1(NC(=O)c2cccc(I)c2)CCCC1. The van der Waals surface area contributed by atoms with Gasteiger partial charge in [-0.1, -0.05) is 6.07 Å². The molecule has 88 valence electrons. The van der Waals surface area contributed by atoms with Gasteiger partial charge in [-0.25, -0.2) is 0 Å². The third-order valence-electron chi connectivity index (χ3n) is 3.11. The third kappa shape index (κ3) is 2.78. The fourth-order valence-corrected chi connectivity index (χ4v) is 2.71. The molecule has 0 unspecified atom stereocenters. The van der Waals surface area contributed by atoms with Gasteiger partial charge in [0, 0.05) is 9.13 Å². The van der Waals surface area contributed by atoms with Gasteiger partial charge in [-0.3, -0.25) is 4.79 Å². The molecular formula is C13H13IN2O. The fourth-order valence-electron chi connectivity index (χ4n) is 2.16. The number of halogens is 1. The van der Waals surface area contributed by atoms with Crippen LogP contribution in [-0.2, 0) is 0 Å². The van der Waals surface area contributed by atoms with Crippen molar-refractivity contribution in [1.82, 2.24) is 5.32 Å². The standard InChI is InChI=1S/C13H13IN2O/c14-11-5-3-4-10(8-11)12(17)16-13(9-15)6-1-2-7-13/h3-5,8H,1-2,6-7H2,(H,16,17). The summed E-state index contributed by atoms with van der Waals surface area (Å²) in [4.78, 5) is 12.1. The van der Waals surface area contributed by atoms with E-state index in [1.807, 2.05) is 18.2 Å². The molecule has 0 spiro atoms. The number of carbonyl (C=O) groups is 1. The van der Waals surface area contributed by atoms with Crippen LogP contribution in [0, 0.1) is 14.9 Å². The molecule has 1 fully saturated rings. The minimum absolute atomic E-state index is 0.146. The largest absolute Gasteiger partial charge is 0.334 e. The Bertz CT molecular complexity index is 473. The Morgan fingerprint density at radius 1 is 1.41 bits per heavy atom. The van der Waals surface area contributed by atoms with Crippen molar-refractivity contribution in [2.45, 2.75) is 31.2 Å². The van der Waals surface area contributed by atoms with Crippen LogP contribution in [-0.4, -0.2) is 11.4 Å². The summed E-state index contributed by atoms with van der Waals surface area (Å²) in [5.74, 6) is -0.146. The molecule has 0 aliphatic heterocycles. The molecular weight excluding hydrogens is 327 g/mol. The highest BCUT2D eigenvalue weighted by atomic mass is 127. The molecule has 0 atom stereocenters. The highest BCUT2D eigenvalue weighted by molar-refractivity contribution is 14.1. The molecule has 1 aliphatic carbocycles. The predicted molar refractivity (Wildman–Crippen MR) is 73.4 cm³/mol. The number of hydrogen-bond donors (Lipinski definition) is 1. The number of nitriles is 1. The van der Waals surface area contributed by atoms with Crippen LogP contribution < -0.4 is 5.32 Å². The number of benzene rings is 1. The van der Waals surface area contributed by atoms with Gasteiger partial charge in [0.15, 0.2) is 0 Å². The van der Waals surface area contributed by atoms with Crippen molar-refractivity contribution in [2.75, 3.05) is 0 Å². The normalized spacial score (nSPS) is 17.4. The number of carbonyl (C=O) groups excluding carboxylic acids is 1. The zero-order valence-corrected chi connectivity index (χ0v) is 11.5. The van der Waals surface area contributed by atoms with Crippen LogP contribution in [0.2, 0.25) is 0 Å². The van der Waals surface area contributed by atoms with Crippen molar-refractivity contribution in [1.29, 1.82) is 5.26 Å². The van der Waals surface area contributed by atoms with Crippen LogP contribution in [0.15, 0.2) is 24.3 Å². The molecule has 0 saturated heterocycles. The van der Waals surface area contributed by atoms with Crippen LogP contribution in [0.25, 0.3) is 0 Å². The van der Waals surface area contributed by atoms with Gasteiger partial charge in [-0.2, -0.15) is 5.26 Å². The Labute approximate surface area is 114 Å². The number of nitrogens with zero attached hydrogens (tertiary/aromatic N) is 1. The molecule has 17 heavy (non-hydrogen) atoms. The zero-order valence-electron chi connectivity index (χ0n) is 9.37. The second-order valence-corrected chi connectivity index (χ2v) is 5.61. The Balaban J connectivity index is 2.14. The van der Waals surface area contributed by atoms with E-state index in [1.165, 1.54) is 0 Å². The average Bonchev–Trinajstić information content (AvgIpc) is 2.78. The Kier molecular flexibility index (Phi) is 3.67. The average molecular weight is 340 g/mol. The quantitative estimate of drug-likeness (QED) is 0.842. The zero-order chi connectivity index (χ0) is 12.3. The Morgan fingerprint density at radius 2 is 2.12 bits per heavy atom. The summed E-state index contributed by atoms with van der Waals surface area (Å²) in [6.45, 7) is 0. The summed E-state index contributed by atoms with van der Waals surface area (Å²) in [6.07, 6.45) is 3.55. The number of amides is 1. The van der Waals surface area contributed by atoms with Crippen molar-refractivity contribution in [2.24, 2.45) is 0 Å². The molecule has 3 nitrogen and oxygen atoms in total. The Morgan fingerprint density at radius 3 is 2.71 bits per heavy atom. The summed E-state index contributed by atoms with van der Waals surface area (Å²) in [7, 11) is 0. The molecule has 1 aliphatic rings. The van der Waals surface area contributed by atoms with Crippen LogP contribution >= 0.6 is 22.6 Å². The Hall–Kier alpha value is -1.09. The summed E-state index contributed by atoms with van der Waals surface area (Å²) >= 11 is 2.17. The van der Waals surface area contributed by atoms with Gasteiger partial charge in [-0.15, -0.1) is 0 Å². The van der Waals surface area contributed by atoms with Crippen molar-refractivity contribution < 1.29 is 4.79 Å². The van der Waals surface area contributed by atoms with E-state index in [0.29, 0.717) is 5.56 Å². The van der Waals surface area contributed by atoms with Gasteiger partial charge >= 0.3 is 0 Å². The summed E-state index contributed by atoms with van der Waals surface area (Å²) in [5, 5.41) is 12.1. The molecule has 0 bridgehead atoms. The first kappa shape index (κ1) is 12.4. The molecule has 0 heterocycles. The van der Waals surface area contributed by atoms with Crippen molar-refractivity contribution in [3.63, 3.8) is 0 Å². The van der Waals surface area contributed by atoms with Gasteiger partial charge in [0.25, 0.3) is 5.91 Å². The lowest BCUT2D eigenvalue weighted by Gasteiger charge is -2.21. The number of rotatable bonds is 2. The second-order valence-electron chi connectivity index (χ2n) is 4.37. The molecule has 1 N–H and O–H groups in total. The first-order valence-electron chi connectivity index (χ1n) is 5.65. The monoisotopic (exact) mass is 340 g/mol. The van der Waals surface area contributed by atoms with E-state index < -0.39 is 5.54 Å². The molecule has 1 aromatic carbocycles. The number of hydrogen-bond acceptors (Lipinski definition) is 2. The van der Waals surface area contributed by atoms with E-state index in [-0.39, 0.29) is 5.91 Å². The van der Waals surface area contributed by atoms with E-state index in [4.69, 9.17) is 0 Å². The second kappa shape index (κ2) is 5.05. The summed E-state index contributed by atoms with van der Waals surface area (Å²) in [5.41, 5.74) is -0.0170. The van der Waals surface area contributed by atoms with Crippen molar-refractivity contribution in [3.8, 4) is 6.07 Å². The fraction of sp³-hybridized carbons (Fsp3) is 0.385. The maximum absolute atomic E-state index is 12.1. The van der Waals surface area contributed by atoms with E-state index >= 15 is 0 Å². The van der Waals surface area contributed by atoms with Gasteiger partial charge in [0.1, 0.15) is 5.54 Å².